The quantitative estimate of drug-likeness (QED) is 0.710. The fourth-order valence-electron chi connectivity index (χ4n) is 2.95. The number of fused-ring (bicyclic) bond motifs is 1. The van der Waals surface area contributed by atoms with Crippen molar-refractivity contribution in [2.75, 3.05) is 19.1 Å². The largest absolute Gasteiger partial charge is 0.439 e. The van der Waals surface area contributed by atoms with E-state index in [2.05, 4.69) is 4.98 Å². The van der Waals surface area contributed by atoms with Crippen LogP contribution < -0.4 is 0 Å². The number of hydrogen-bond acceptors (Lipinski definition) is 5. The van der Waals surface area contributed by atoms with Crippen LogP contribution in [-0.2, 0) is 20.0 Å². The Labute approximate surface area is 157 Å². The summed E-state index contributed by atoms with van der Waals surface area (Å²) >= 11 is 12.4. The molecule has 1 aromatic heterocycles. The summed E-state index contributed by atoms with van der Waals surface area (Å²) in [6, 6.07) is 3.22. The van der Waals surface area contributed by atoms with Gasteiger partial charge in [-0.3, -0.25) is 0 Å². The van der Waals surface area contributed by atoms with E-state index in [0.717, 1.165) is 0 Å². The van der Waals surface area contributed by atoms with Crippen molar-refractivity contribution in [1.29, 1.82) is 0 Å². The molecule has 0 saturated carbocycles. The number of halogens is 2. The minimum atomic E-state index is -3.84. The summed E-state index contributed by atoms with van der Waals surface area (Å²) in [6.45, 7) is 6.55. The minimum absolute atomic E-state index is 0.0165. The van der Waals surface area contributed by atoms with E-state index in [9.17, 15) is 8.42 Å². The zero-order chi connectivity index (χ0) is 18.5. The Morgan fingerprint density at radius 3 is 2.44 bits per heavy atom. The third-order valence-electron chi connectivity index (χ3n) is 4.59. The van der Waals surface area contributed by atoms with Gasteiger partial charge in [0.2, 0.25) is 5.89 Å². The Morgan fingerprint density at radius 1 is 1.24 bits per heavy atom. The number of aromatic nitrogens is 1. The molecule has 1 aliphatic heterocycles. The van der Waals surface area contributed by atoms with Gasteiger partial charge in [-0.05, 0) is 25.0 Å². The van der Waals surface area contributed by atoms with Crippen molar-refractivity contribution in [3.05, 3.63) is 23.0 Å². The molecular weight excluding hydrogens is 385 g/mol. The van der Waals surface area contributed by atoms with Gasteiger partial charge in [0.25, 0.3) is 0 Å². The number of hydrogen-bond donors (Lipinski definition) is 0. The average Bonchev–Trinajstić information content (AvgIpc) is 2.99. The molecule has 0 atom stereocenters. The minimum Gasteiger partial charge on any atom is -0.439 e. The number of nitrogens with zero attached hydrogens (tertiary/aromatic N) is 1. The van der Waals surface area contributed by atoms with Gasteiger partial charge >= 0.3 is 0 Å². The summed E-state index contributed by atoms with van der Waals surface area (Å²) in [6.07, 6.45) is 0.650. The summed E-state index contributed by atoms with van der Waals surface area (Å²) in [5.41, 5.74) is 0.327. The standard InChI is InChI=1S/C17H21Cl2NO4S/c1-16(2,3)15-20-12-5-4-11(19)14(13(12)24-15)25(21,22)17(10-18)6-8-23-9-7-17/h4-5H,6-10H2,1-3H3. The smallest absolute Gasteiger partial charge is 0.200 e. The van der Waals surface area contributed by atoms with E-state index in [0.29, 0.717) is 37.5 Å². The van der Waals surface area contributed by atoms with Crippen LogP contribution in [0.1, 0.15) is 39.5 Å². The van der Waals surface area contributed by atoms with Crippen LogP contribution in [0.5, 0.6) is 0 Å². The molecule has 25 heavy (non-hydrogen) atoms. The van der Waals surface area contributed by atoms with Crippen LogP contribution >= 0.6 is 23.2 Å². The van der Waals surface area contributed by atoms with Crippen LogP contribution in [0.2, 0.25) is 5.02 Å². The molecule has 8 heteroatoms. The van der Waals surface area contributed by atoms with Crippen LogP contribution in [0.3, 0.4) is 0 Å². The Kier molecular flexibility index (Phi) is 4.86. The monoisotopic (exact) mass is 405 g/mol. The van der Waals surface area contributed by atoms with E-state index >= 15 is 0 Å². The maximum Gasteiger partial charge on any atom is 0.200 e. The van der Waals surface area contributed by atoms with Gasteiger partial charge < -0.3 is 9.15 Å². The molecule has 3 rings (SSSR count). The number of sulfone groups is 1. The second kappa shape index (κ2) is 6.41. The van der Waals surface area contributed by atoms with Crippen LogP contribution in [0.15, 0.2) is 21.4 Å². The van der Waals surface area contributed by atoms with Crippen LogP contribution in [0.4, 0.5) is 0 Å². The van der Waals surface area contributed by atoms with Crippen molar-refractivity contribution in [1.82, 2.24) is 4.98 Å². The van der Waals surface area contributed by atoms with E-state index < -0.39 is 14.6 Å². The predicted octanol–water partition coefficient (Wildman–Crippen LogP) is 4.34. The highest BCUT2D eigenvalue weighted by molar-refractivity contribution is 7.93. The summed E-state index contributed by atoms with van der Waals surface area (Å²) in [5.74, 6) is 0.444. The molecule has 2 heterocycles. The number of benzene rings is 1. The van der Waals surface area contributed by atoms with Crippen molar-refractivity contribution >= 4 is 44.1 Å². The number of ether oxygens (including phenoxy) is 1. The lowest BCUT2D eigenvalue weighted by molar-refractivity contribution is 0.0796. The van der Waals surface area contributed by atoms with E-state index in [1.165, 1.54) is 0 Å². The molecule has 5 nitrogen and oxygen atoms in total. The molecule has 1 aliphatic rings. The molecule has 1 fully saturated rings. The summed E-state index contributed by atoms with van der Waals surface area (Å²) in [4.78, 5) is 4.43. The molecule has 1 aromatic carbocycles. The Balaban J connectivity index is 2.26. The number of rotatable bonds is 3. The second-order valence-electron chi connectivity index (χ2n) is 7.43. The van der Waals surface area contributed by atoms with Crippen LogP contribution in [0.25, 0.3) is 11.1 Å². The van der Waals surface area contributed by atoms with Gasteiger partial charge in [0.15, 0.2) is 15.4 Å². The van der Waals surface area contributed by atoms with Crippen molar-refractivity contribution in [3.8, 4) is 0 Å². The maximum atomic E-state index is 13.5. The Bertz CT molecular complexity index is 893. The number of alkyl halides is 1. The molecular formula is C17H21Cl2NO4S. The van der Waals surface area contributed by atoms with Crippen LogP contribution in [-0.4, -0.2) is 37.2 Å². The van der Waals surface area contributed by atoms with Crippen molar-refractivity contribution in [2.24, 2.45) is 0 Å². The average molecular weight is 406 g/mol. The fourth-order valence-corrected chi connectivity index (χ4v) is 6.10. The predicted molar refractivity (Wildman–Crippen MR) is 98.4 cm³/mol. The van der Waals surface area contributed by atoms with Gasteiger partial charge in [0, 0.05) is 24.5 Å². The molecule has 1 saturated heterocycles. The molecule has 0 unspecified atom stereocenters. The highest BCUT2D eigenvalue weighted by atomic mass is 35.5. The van der Waals surface area contributed by atoms with Gasteiger partial charge in [0.1, 0.15) is 10.4 Å². The molecule has 0 bridgehead atoms. The molecule has 0 spiro atoms. The summed E-state index contributed by atoms with van der Waals surface area (Å²) in [7, 11) is -3.84. The van der Waals surface area contributed by atoms with E-state index in [-0.39, 0.29) is 26.8 Å². The van der Waals surface area contributed by atoms with Gasteiger partial charge in [0.05, 0.1) is 9.77 Å². The van der Waals surface area contributed by atoms with Gasteiger partial charge in [-0.25, -0.2) is 13.4 Å². The highest BCUT2D eigenvalue weighted by Gasteiger charge is 2.47. The first-order chi connectivity index (χ1) is 11.6. The van der Waals surface area contributed by atoms with Gasteiger partial charge in [-0.2, -0.15) is 0 Å². The summed E-state index contributed by atoms with van der Waals surface area (Å²) < 4.78 is 37.1. The summed E-state index contributed by atoms with van der Waals surface area (Å²) in [5, 5.41) is 0.125. The first kappa shape index (κ1) is 19.0. The molecule has 0 amide bonds. The van der Waals surface area contributed by atoms with Crippen molar-refractivity contribution < 1.29 is 17.6 Å². The zero-order valence-corrected chi connectivity index (χ0v) is 16.8. The molecule has 0 aliphatic carbocycles. The first-order valence-electron chi connectivity index (χ1n) is 8.10. The Morgan fingerprint density at radius 2 is 1.88 bits per heavy atom. The van der Waals surface area contributed by atoms with Gasteiger partial charge in [-0.1, -0.05) is 32.4 Å². The molecule has 0 radical (unpaired) electrons. The highest BCUT2D eigenvalue weighted by Crippen LogP contribution is 2.42. The van der Waals surface area contributed by atoms with E-state index in [1.807, 2.05) is 20.8 Å². The SMILES string of the molecule is CC(C)(C)c1nc2ccc(Cl)c(S(=O)(=O)C3(CCl)CCOCC3)c2o1. The molecule has 2 aromatic rings. The van der Waals surface area contributed by atoms with Crippen molar-refractivity contribution in [2.45, 2.75) is 48.7 Å². The lowest BCUT2D eigenvalue weighted by Gasteiger charge is -2.34. The topological polar surface area (TPSA) is 69.4 Å². The third-order valence-corrected chi connectivity index (χ3v) is 8.32. The number of oxazole rings is 1. The van der Waals surface area contributed by atoms with Gasteiger partial charge in [-0.15, -0.1) is 11.6 Å². The normalized spacial score (nSPS) is 18.6. The zero-order valence-electron chi connectivity index (χ0n) is 14.4. The molecule has 138 valence electrons. The Hall–Kier alpha value is -0.820. The van der Waals surface area contributed by atoms with E-state index in [1.54, 1.807) is 12.1 Å². The lowest BCUT2D eigenvalue weighted by Crippen LogP contribution is -2.45. The lowest BCUT2D eigenvalue weighted by atomic mass is 9.97. The fraction of sp³-hybridized carbons (Fsp3) is 0.588. The van der Waals surface area contributed by atoms with E-state index in [4.69, 9.17) is 32.4 Å². The third kappa shape index (κ3) is 3.07. The maximum absolute atomic E-state index is 13.5. The molecule has 0 N–H and O–H groups in total. The second-order valence-corrected chi connectivity index (χ2v) is 10.4. The first-order valence-corrected chi connectivity index (χ1v) is 10.5. The van der Waals surface area contributed by atoms with Crippen molar-refractivity contribution in [3.63, 3.8) is 0 Å². The van der Waals surface area contributed by atoms with Crippen LogP contribution in [0, 0.1) is 0 Å².